The molecule has 1 aliphatic heterocycles. The lowest BCUT2D eigenvalue weighted by molar-refractivity contribution is 0.120. The normalized spacial score (nSPS) is 22.7. The van der Waals surface area contributed by atoms with Crippen molar-refractivity contribution in [2.24, 2.45) is 0 Å². The van der Waals surface area contributed by atoms with E-state index in [1.165, 1.54) is 0 Å². The van der Waals surface area contributed by atoms with E-state index in [1.807, 2.05) is 32.0 Å². The molecule has 0 unspecified atom stereocenters. The van der Waals surface area contributed by atoms with Crippen LogP contribution in [0.1, 0.15) is 17.8 Å². The van der Waals surface area contributed by atoms with Crippen LogP contribution in [0.2, 0.25) is 0 Å². The fraction of sp³-hybridized carbons (Fsp3) is 0.692. The zero-order valence-corrected chi connectivity index (χ0v) is 11.8. The third kappa shape index (κ3) is 3.40. The van der Waals surface area contributed by atoms with Gasteiger partial charge in [-0.2, -0.15) is 0 Å². The SMILES string of the molecule is Cc1cc(CN[C@@]2(CO)CCOC2)nc(N(C)C)n1. The standard InChI is InChI=1S/C13H22N4O2/c1-10-6-11(16-12(15-10)17(2)3)7-14-13(8-18)4-5-19-9-13/h6,14,18H,4-5,7-9H2,1-3H3/t13-/m1/s1. The molecule has 1 saturated heterocycles. The minimum absolute atomic E-state index is 0.0810. The average Bonchev–Trinajstić information content (AvgIpc) is 2.85. The molecule has 1 fully saturated rings. The molecule has 2 rings (SSSR count). The molecule has 0 bridgehead atoms. The van der Waals surface area contributed by atoms with E-state index in [0.29, 0.717) is 25.7 Å². The van der Waals surface area contributed by atoms with Crippen LogP contribution < -0.4 is 10.2 Å². The molecule has 2 N–H and O–H groups in total. The van der Waals surface area contributed by atoms with Gasteiger partial charge in [0.2, 0.25) is 5.95 Å². The van der Waals surface area contributed by atoms with E-state index < -0.39 is 0 Å². The number of rotatable bonds is 5. The third-order valence-electron chi connectivity index (χ3n) is 3.35. The Labute approximate surface area is 113 Å². The fourth-order valence-corrected chi connectivity index (χ4v) is 2.11. The number of aliphatic hydroxyl groups is 1. The van der Waals surface area contributed by atoms with Gasteiger partial charge in [0, 0.05) is 32.9 Å². The molecular formula is C13H22N4O2. The summed E-state index contributed by atoms with van der Waals surface area (Å²) in [6.45, 7) is 3.89. The van der Waals surface area contributed by atoms with Crippen molar-refractivity contribution in [2.75, 3.05) is 38.8 Å². The van der Waals surface area contributed by atoms with Crippen LogP contribution in [-0.4, -0.2) is 54.5 Å². The Morgan fingerprint density at radius 2 is 2.26 bits per heavy atom. The van der Waals surface area contributed by atoms with E-state index in [1.54, 1.807) is 0 Å². The van der Waals surface area contributed by atoms with Gasteiger partial charge in [-0.1, -0.05) is 0 Å². The van der Waals surface area contributed by atoms with Crippen molar-refractivity contribution in [3.63, 3.8) is 0 Å². The third-order valence-corrected chi connectivity index (χ3v) is 3.35. The molecule has 0 saturated carbocycles. The molecule has 19 heavy (non-hydrogen) atoms. The van der Waals surface area contributed by atoms with Crippen molar-refractivity contribution < 1.29 is 9.84 Å². The van der Waals surface area contributed by atoms with Crippen molar-refractivity contribution in [1.29, 1.82) is 0 Å². The van der Waals surface area contributed by atoms with Crippen LogP contribution in [-0.2, 0) is 11.3 Å². The summed E-state index contributed by atoms with van der Waals surface area (Å²) in [7, 11) is 3.85. The highest BCUT2D eigenvalue weighted by molar-refractivity contribution is 5.29. The molecular weight excluding hydrogens is 244 g/mol. The fourth-order valence-electron chi connectivity index (χ4n) is 2.11. The highest BCUT2D eigenvalue weighted by Crippen LogP contribution is 2.18. The van der Waals surface area contributed by atoms with Crippen molar-refractivity contribution in [3.05, 3.63) is 17.5 Å². The summed E-state index contributed by atoms with van der Waals surface area (Å²) >= 11 is 0. The van der Waals surface area contributed by atoms with Crippen molar-refractivity contribution in [3.8, 4) is 0 Å². The van der Waals surface area contributed by atoms with E-state index in [9.17, 15) is 5.11 Å². The van der Waals surface area contributed by atoms with Crippen LogP contribution in [0.4, 0.5) is 5.95 Å². The summed E-state index contributed by atoms with van der Waals surface area (Å²) in [5, 5.41) is 12.9. The molecule has 0 amide bonds. The van der Waals surface area contributed by atoms with Gasteiger partial charge in [-0.3, -0.25) is 0 Å². The lowest BCUT2D eigenvalue weighted by atomic mass is 10.00. The summed E-state index contributed by atoms with van der Waals surface area (Å²) < 4.78 is 5.36. The van der Waals surface area contributed by atoms with Crippen LogP contribution in [0.5, 0.6) is 0 Å². The van der Waals surface area contributed by atoms with Crippen molar-refractivity contribution >= 4 is 5.95 Å². The number of nitrogens with one attached hydrogen (secondary N) is 1. The predicted molar refractivity (Wildman–Crippen MR) is 73.2 cm³/mol. The number of aromatic nitrogens is 2. The van der Waals surface area contributed by atoms with Gasteiger partial charge in [0.1, 0.15) is 0 Å². The Hall–Kier alpha value is -1.24. The molecule has 0 spiro atoms. The smallest absolute Gasteiger partial charge is 0.225 e. The van der Waals surface area contributed by atoms with Gasteiger partial charge < -0.3 is 20.1 Å². The summed E-state index contributed by atoms with van der Waals surface area (Å²) in [6.07, 6.45) is 0.827. The Kier molecular flexibility index (Phi) is 4.34. The molecule has 1 aromatic heterocycles. The molecule has 6 heteroatoms. The quantitative estimate of drug-likeness (QED) is 0.787. The van der Waals surface area contributed by atoms with Gasteiger partial charge in [0.25, 0.3) is 0 Å². The largest absolute Gasteiger partial charge is 0.394 e. The molecule has 1 aromatic rings. The van der Waals surface area contributed by atoms with Gasteiger partial charge >= 0.3 is 0 Å². The maximum Gasteiger partial charge on any atom is 0.225 e. The van der Waals surface area contributed by atoms with Gasteiger partial charge in [-0.15, -0.1) is 0 Å². The number of hydrogen-bond donors (Lipinski definition) is 2. The Balaban J connectivity index is 2.06. The monoisotopic (exact) mass is 266 g/mol. The van der Waals surface area contributed by atoms with Crippen molar-refractivity contribution in [2.45, 2.75) is 25.4 Å². The Bertz CT molecular complexity index is 431. The zero-order valence-electron chi connectivity index (χ0n) is 11.8. The highest BCUT2D eigenvalue weighted by Gasteiger charge is 2.33. The topological polar surface area (TPSA) is 70.5 Å². The Morgan fingerprint density at radius 3 is 2.84 bits per heavy atom. The number of hydrogen-bond acceptors (Lipinski definition) is 6. The minimum atomic E-state index is -0.322. The van der Waals surface area contributed by atoms with Crippen LogP contribution in [0.3, 0.4) is 0 Å². The molecule has 0 aromatic carbocycles. The van der Waals surface area contributed by atoms with Gasteiger partial charge in [-0.05, 0) is 19.4 Å². The van der Waals surface area contributed by atoms with Gasteiger partial charge in [-0.25, -0.2) is 9.97 Å². The zero-order chi connectivity index (χ0) is 13.9. The second-order valence-corrected chi connectivity index (χ2v) is 5.29. The van der Waals surface area contributed by atoms with E-state index in [4.69, 9.17) is 4.74 Å². The summed E-state index contributed by atoms with van der Waals surface area (Å²) in [5.74, 6) is 0.706. The minimum Gasteiger partial charge on any atom is -0.394 e. The van der Waals surface area contributed by atoms with Gasteiger partial charge in [0.05, 0.1) is 24.4 Å². The first-order valence-corrected chi connectivity index (χ1v) is 6.50. The van der Waals surface area contributed by atoms with E-state index in [2.05, 4.69) is 15.3 Å². The number of anilines is 1. The first-order chi connectivity index (χ1) is 9.04. The van der Waals surface area contributed by atoms with Crippen LogP contribution in [0, 0.1) is 6.92 Å². The second kappa shape index (κ2) is 5.81. The maximum atomic E-state index is 9.51. The molecule has 1 atom stereocenters. The first kappa shape index (κ1) is 14.2. The van der Waals surface area contributed by atoms with E-state index in [-0.39, 0.29) is 12.1 Å². The summed E-state index contributed by atoms with van der Waals surface area (Å²) in [4.78, 5) is 10.7. The highest BCUT2D eigenvalue weighted by atomic mass is 16.5. The lowest BCUT2D eigenvalue weighted by Crippen LogP contribution is -2.48. The summed E-state index contributed by atoms with van der Waals surface area (Å²) in [5.41, 5.74) is 1.55. The average molecular weight is 266 g/mol. The van der Waals surface area contributed by atoms with E-state index in [0.717, 1.165) is 17.8 Å². The number of nitrogens with zero attached hydrogens (tertiary/aromatic N) is 3. The Morgan fingerprint density at radius 1 is 1.47 bits per heavy atom. The number of aryl methyl sites for hydroxylation is 1. The maximum absolute atomic E-state index is 9.51. The second-order valence-electron chi connectivity index (χ2n) is 5.29. The summed E-state index contributed by atoms with van der Waals surface area (Å²) in [6, 6.07) is 1.96. The van der Waals surface area contributed by atoms with Crippen LogP contribution in [0.15, 0.2) is 6.07 Å². The van der Waals surface area contributed by atoms with Crippen LogP contribution >= 0.6 is 0 Å². The van der Waals surface area contributed by atoms with E-state index >= 15 is 0 Å². The molecule has 1 aliphatic rings. The van der Waals surface area contributed by atoms with Crippen molar-refractivity contribution in [1.82, 2.24) is 15.3 Å². The molecule has 2 heterocycles. The number of aliphatic hydroxyl groups excluding tert-OH is 1. The molecule has 106 valence electrons. The predicted octanol–water partition coefficient (Wildman–Crippen LogP) is 0.0920. The molecule has 0 aliphatic carbocycles. The first-order valence-electron chi connectivity index (χ1n) is 6.50. The lowest BCUT2D eigenvalue weighted by Gasteiger charge is -2.26. The van der Waals surface area contributed by atoms with Crippen LogP contribution in [0.25, 0.3) is 0 Å². The number of ether oxygens (including phenoxy) is 1. The van der Waals surface area contributed by atoms with Gasteiger partial charge in [0.15, 0.2) is 0 Å². The molecule has 0 radical (unpaired) electrons. The molecule has 6 nitrogen and oxygen atoms in total.